The molecule has 0 amide bonds. The number of benzene rings is 1. The monoisotopic (exact) mass is 296 g/mol. The molecule has 0 unspecified atom stereocenters. The van der Waals surface area contributed by atoms with Crippen molar-refractivity contribution in [2.45, 2.75) is 39.5 Å². The number of hydrogen-bond acceptors (Lipinski definition) is 1. The van der Waals surface area contributed by atoms with Crippen molar-refractivity contribution in [3.63, 3.8) is 0 Å². The van der Waals surface area contributed by atoms with Crippen LogP contribution in [0.1, 0.15) is 45.1 Å². The summed E-state index contributed by atoms with van der Waals surface area (Å²) in [5.41, 5.74) is 1.15. The Morgan fingerprint density at radius 3 is 2.76 bits per heavy atom. The van der Waals surface area contributed by atoms with Crippen LogP contribution < -0.4 is 4.74 Å². The average molecular weight is 297 g/mol. The van der Waals surface area contributed by atoms with Gasteiger partial charge in [0, 0.05) is 10.0 Å². The fraction of sp³-hybridized carbons (Fsp3) is 0.467. The van der Waals surface area contributed by atoms with Gasteiger partial charge in [-0.2, -0.15) is 0 Å². The summed E-state index contributed by atoms with van der Waals surface area (Å²) in [5, 5.41) is 0. The Labute approximate surface area is 113 Å². The van der Waals surface area contributed by atoms with Crippen LogP contribution in [0.5, 0.6) is 5.75 Å². The molecule has 17 heavy (non-hydrogen) atoms. The van der Waals surface area contributed by atoms with Crippen LogP contribution in [0.2, 0.25) is 0 Å². The highest BCUT2D eigenvalue weighted by Crippen LogP contribution is 2.24. The number of halogens is 1. The predicted molar refractivity (Wildman–Crippen MR) is 78.5 cm³/mol. The average Bonchev–Trinajstić information content (AvgIpc) is 2.32. The van der Waals surface area contributed by atoms with Crippen molar-refractivity contribution in [3.8, 4) is 5.75 Å². The van der Waals surface area contributed by atoms with E-state index in [0.29, 0.717) is 6.61 Å². The molecular weight excluding hydrogens is 276 g/mol. The highest BCUT2D eigenvalue weighted by atomic mass is 79.9. The van der Waals surface area contributed by atoms with Gasteiger partial charge < -0.3 is 4.74 Å². The van der Waals surface area contributed by atoms with Crippen molar-refractivity contribution >= 4 is 22.0 Å². The van der Waals surface area contributed by atoms with Crippen LogP contribution in [-0.2, 0) is 0 Å². The van der Waals surface area contributed by atoms with Crippen LogP contribution in [0.25, 0.3) is 6.08 Å². The highest BCUT2D eigenvalue weighted by Gasteiger charge is 2.00. The third-order valence-electron chi connectivity index (χ3n) is 2.54. The lowest BCUT2D eigenvalue weighted by atomic mass is 10.1. The second-order valence-electron chi connectivity index (χ2n) is 4.01. The maximum atomic E-state index is 5.60. The zero-order chi connectivity index (χ0) is 12.5. The fourth-order valence-corrected chi connectivity index (χ4v) is 2.04. The Hall–Kier alpha value is -0.760. The Kier molecular flexibility index (Phi) is 7.02. The van der Waals surface area contributed by atoms with Crippen LogP contribution >= 0.6 is 15.9 Å². The molecule has 0 radical (unpaired) electrons. The van der Waals surface area contributed by atoms with E-state index < -0.39 is 0 Å². The zero-order valence-corrected chi connectivity index (χ0v) is 12.3. The molecule has 0 fully saturated rings. The molecule has 0 bridgehead atoms. The summed E-state index contributed by atoms with van der Waals surface area (Å²) in [5.74, 6) is 0.961. The van der Waals surface area contributed by atoms with E-state index in [4.69, 9.17) is 4.74 Å². The van der Waals surface area contributed by atoms with Crippen molar-refractivity contribution in [2.24, 2.45) is 0 Å². The number of allylic oxidation sites excluding steroid dienone is 1. The second kappa shape index (κ2) is 8.35. The van der Waals surface area contributed by atoms with E-state index >= 15 is 0 Å². The van der Waals surface area contributed by atoms with Gasteiger partial charge in [-0.1, -0.05) is 47.8 Å². The van der Waals surface area contributed by atoms with E-state index in [9.17, 15) is 0 Å². The first-order valence-electron chi connectivity index (χ1n) is 6.36. The molecule has 1 aromatic carbocycles. The van der Waals surface area contributed by atoms with Gasteiger partial charge in [-0.25, -0.2) is 0 Å². The molecule has 94 valence electrons. The van der Waals surface area contributed by atoms with E-state index in [1.165, 1.54) is 19.3 Å². The zero-order valence-electron chi connectivity index (χ0n) is 10.7. The van der Waals surface area contributed by atoms with E-state index in [-0.39, 0.29) is 0 Å². The normalized spacial score (nSPS) is 11.0. The molecule has 1 aromatic rings. The Bertz CT molecular complexity index is 358. The summed E-state index contributed by atoms with van der Waals surface area (Å²) in [7, 11) is 0. The van der Waals surface area contributed by atoms with Crippen molar-refractivity contribution in [1.29, 1.82) is 0 Å². The molecule has 0 atom stereocenters. The first-order valence-corrected chi connectivity index (χ1v) is 7.16. The Morgan fingerprint density at radius 1 is 1.24 bits per heavy atom. The lowest BCUT2D eigenvalue weighted by Gasteiger charge is -2.07. The first kappa shape index (κ1) is 14.3. The van der Waals surface area contributed by atoms with Gasteiger partial charge in [0.15, 0.2) is 0 Å². The van der Waals surface area contributed by atoms with Crippen LogP contribution in [0.15, 0.2) is 28.7 Å². The minimum Gasteiger partial charge on any atom is -0.493 e. The standard InChI is InChI=1S/C15H21BrO/c1-3-5-6-7-8-9-13-12-14(16)10-11-15(13)17-4-2/h8-12H,3-7H2,1-2H3. The molecule has 0 aromatic heterocycles. The van der Waals surface area contributed by atoms with E-state index in [1.807, 2.05) is 19.1 Å². The molecule has 0 saturated heterocycles. The van der Waals surface area contributed by atoms with E-state index in [0.717, 1.165) is 22.2 Å². The predicted octanol–water partition coefficient (Wildman–Crippen LogP) is 5.44. The third kappa shape index (κ3) is 5.40. The molecule has 1 nitrogen and oxygen atoms in total. The molecule has 0 aliphatic carbocycles. The van der Waals surface area contributed by atoms with Gasteiger partial charge in [0.1, 0.15) is 5.75 Å². The number of unbranched alkanes of at least 4 members (excludes halogenated alkanes) is 3. The summed E-state index contributed by atoms with van der Waals surface area (Å²) >= 11 is 3.49. The van der Waals surface area contributed by atoms with Crippen LogP contribution in [-0.4, -0.2) is 6.61 Å². The molecule has 2 heteroatoms. The topological polar surface area (TPSA) is 9.23 Å². The minimum atomic E-state index is 0.707. The molecule has 0 heterocycles. The number of hydrogen-bond donors (Lipinski definition) is 0. The summed E-state index contributed by atoms with van der Waals surface area (Å²) in [6.45, 7) is 4.94. The van der Waals surface area contributed by atoms with Gasteiger partial charge in [-0.05, 0) is 38.0 Å². The smallest absolute Gasteiger partial charge is 0.126 e. The molecule has 0 spiro atoms. The maximum Gasteiger partial charge on any atom is 0.126 e. The van der Waals surface area contributed by atoms with Crippen molar-refractivity contribution in [3.05, 3.63) is 34.3 Å². The molecule has 0 saturated carbocycles. The SMILES string of the molecule is CCCCCC=Cc1cc(Br)ccc1OCC. The highest BCUT2D eigenvalue weighted by molar-refractivity contribution is 9.10. The lowest BCUT2D eigenvalue weighted by Crippen LogP contribution is -1.93. The van der Waals surface area contributed by atoms with Crippen LogP contribution in [0.3, 0.4) is 0 Å². The van der Waals surface area contributed by atoms with Crippen molar-refractivity contribution in [2.75, 3.05) is 6.61 Å². The van der Waals surface area contributed by atoms with Gasteiger partial charge in [0.25, 0.3) is 0 Å². The largest absolute Gasteiger partial charge is 0.493 e. The van der Waals surface area contributed by atoms with Crippen molar-refractivity contribution in [1.82, 2.24) is 0 Å². The second-order valence-corrected chi connectivity index (χ2v) is 4.93. The lowest BCUT2D eigenvalue weighted by molar-refractivity contribution is 0.339. The summed E-state index contributed by atoms with van der Waals surface area (Å²) in [4.78, 5) is 0. The Morgan fingerprint density at radius 2 is 2.06 bits per heavy atom. The van der Waals surface area contributed by atoms with Gasteiger partial charge in [0.05, 0.1) is 6.61 Å². The number of rotatable bonds is 7. The Balaban J connectivity index is 2.63. The van der Waals surface area contributed by atoms with Gasteiger partial charge in [-0.15, -0.1) is 0 Å². The minimum absolute atomic E-state index is 0.707. The molecule has 0 aliphatic heterocycles. The quantitative estimate of drug-likeness (QED) is 0.609. The summed E-state index contributed by atoms with van der Waals surface area (Å²) in [6.07, 6.45) is 9.39. The van der Waals surface area contributed by atoms with E-state index in [1.54, 1.807) is 0 Å². The van der Waals surface area contributed by atoms with E-state index in [2.05, 4.69) is 41.1 Å². The molecule has 1 rings (SSSR count). The van der Waals surface area contributed by atoms with Crippen molar-refractivity contribution < 1.29 is 4.74 Å². The molecular formula is C15H21BrO. The van der Waals surface area contributed by atoms with Gasteiger partial charge in [0.2, 0.25) is 0 Å². The third-order valence-corrected chi connectivity index (χ3v) is 3.04. The van der Waals surface area contributed by atoms with Gasteiger partial charge in [-0.3, -0.25) is 0 Å². The fourth-order valence-electron chi connectivity index (χ4n) is 1.66. The van der Waals surface area contributed by atoms with Crippen LogP contribution in [0.4, 0.5) is 0 Å². The number of ether oxygens (including phenoxy) is 1. The van der Waals surface area contributed by atoms with Crippen LogP contribution in [0, 0.1) is 0 Å². The molecule has 0 aliphatic rings. The molecule has 0 N–H and O–H groups in total. The first-order chi connectivity index (χ1) is 8.27. The van der Waals surface area contributed by atoms with Gasteiger partial charge >= 0.3 is 0 Å². The summed E-state index contributed by atoms with van der Waals surface area (Å²) in [6, 6.07) is 6.13. The summed E-state index contributed by atoms with van der Waals surface area (Å²) < 4.78 is 6.69. The maximum absolute atomic E-state index is 5.60.